The van der Waals surface area contributed by atoms with Crippen LogP contribution in [0.4, 0.5) is 0 Å². The number of aromatic nitrogens is 2. The molecule has 0 bridgehead atoms. The second kappa shape index (κ2) is 12.0. The Kier molecular flexibility index (Phi) is 9.35. The van der Waals surface area contributed by atoms with E-state index in [9.17, 15) is 9.59 Å². The number of ether oxygens (including phenoxy) is 4. The molecule has 9 heteroatoms. The third-order valence-electron chi connectivity index (χ3n) is 4.69. The van der Waals surface area contributed by atoms with E-state index in [-0.39, 0.29) is 11.8 Å². The smallest absolute Gasteiger partial charge is 0.343 e. The number of hydrogen-bond donors (Lipinski definition) is 0. The van der Waals surface area contributed by atoms with Gasteiger partial charge in [0.05, 0.1) is 34.1 Å². The van der Waals surface area contributed by atoms with Crippen LogP contribution < -0.4 is 9.47 Å². The van der Waals surface area contributed by atoms with E-state index in [4.69, 9.17) is 14.2 Å². The SMILES string of the molecule is COC(=O)c1ccc(-c2ccc(C)c(C)c2)nc1OC.COC(=O)c1ccc(Br)nc1OC. The van der Waals surface area contributed by atoms with Crippen LogP contribution in [0.5, 0.6) is 11.8 Å². The van der Waals surface area contributed by atoms with Gasteiger partial charge in [-0.05, 0) is 71.2 Å². The van der Waals surface area contributed by atoms with Gasteiger partial charge in [0.1, 0.15) is 15.7 Å². The van der Waals surface area contributed by atoms with Crippen molar-refractivity contribution in [2.24, 2.45) is 0 Å². The number of rotatable bonds is 5. The summed E-state index contributed by atoms with van der Waals surface area (Å²) in [5.41, 5.74) is 4.81. The molecule has 0 aliphatic heterocycles. The number of halogens is 1. The Balaban J connectivity index is 0.000000257. The molecule has 174 valence electrons. The molecule has 0 saturated carbocycles. The van der Waals surface area contributed by atoms with Crippen LogP contribution in [0, 0.1) is 13.8 Å². The Morgan fingerprint density at radius 1 is 0.727 bits per heavy atom. The van der Waals surface area contributed by atoms with Crippen LogP contribution in [-0.2, 0) is 9.47 Å². The maximum absolute atomic E-state index is 11.6. The van der Waals surface area contributed by atoms with Gasteiger partial charge in [0.25, 0.3) is 0 Å². The van der Waals surface area contributed by atoms with E-state index >= 15 is 0 Å². The monoisotopic (exact) mass is 516 g/mol. The van der Waals surface area contributed by atoms with Gasteiger partial charge in [-0.15, -0.1) is 0 Å². The highest BCUT2D eigenvalue weighted by molar-refractivity contribution is 9.10. The van der Waals surface area contributed by atoms with Crippen molar-refractivity contribution in [3.63, 3.8) is 0 Å². The zero-order chi connectivity index (χ0) is 24.5. The number of pyridine rings is 2. The zero-order valence-corrected chi connectivity index (χ0v) is 20.8. The van der Waals surface area contributed by atoms with E-state index < -0.39 is 11.9 Å². The number of nitrogens with zero attached hydrogens (tertiary/aromatic N) is 2. The first-order valence-electron chi connectivity index (χ1n) is 9.75. The average molecular weight is 517 g/mol. The lowest BCUT2D eigenvalue weighted by Gasteiger charge is -2.09. The third-order valence-corrected chi connectivity index (χ3v) is 5.13. The topological polar surface area (TPSA) is 96.8 Å². The molecule has 2 aromatic heterocycles. The van der Waals surface area contributed by atoms with Gasteiger partial charge in [-0.25, -0.2) is 19.6 Å². The van der Waals surface area contributed by atoms with E-state index in [0.717, 1.165) is 11.3 Å². The quantitative estimate of drug-likeness (QED) is 0.352. The summed E-state index contributed by atoms with van der Waals surface area (Å²) >= 11 is 3.16. The van der Waals surface area contributed by atoms with Crippen molar-refractivity contribution in [3.8, 4) is 23.0 Å². The van der Waals surface area contributed by atoms with Crippen molar-refractivity contribution < 1.29 is 28.5 Å². The standard InChI is InChI=1S/C16H17NO3.C8H8BrNO3/c1-10-5-6-12(9-11(10)2)14-8-7-13(16(18)20-4)15(17-14)19-3;1-12-7-5(8(11)13-2)3-4-6(9)10-7/h5-9H,1-4H3;3-4H,1-2H3. The van der Waals surface area contributed by atoms with E-state index in [1.54, 1.807) is 24.3 Å². The summed E-state index contributed by atoms with van der Waals surface area (Å²) in [5, 5.41) is 0. The first kappa shape index (κ1) is 25.8. The fourth-order valence-corrected chi connectivity index (χ4v) is 3.05. The molecule has 0 fully saturated rings. The number of aryl methyl sites for hydroxylation is 2. The van der Waals surface area contributed by atoms with E-state index in [1.165, 1.54) is 39.6 Å². The van der Waals surface area contributed by atoms with Crippen LogP contribution in [-0.4, -0.2) is 50.3 Å². The van der Waals surface area contributed by atoms with Crippen molar-refractivity contribution in [2.75, 3.05) is 28.4 Å². The molecular formula is C24H25BrN2O6. The van der Waals surface area contributed by atoms with Gasteiger partial charge in [-0.3, -0.25) is 0 Å². The number of methoxy groups -OCH3 is 4. The lowest BCUT2D eigenvalue weighted by molar-refractivity contribution is 0.0587. The maximum atomic E-state index is 11.6. The normalized spacial score (nSPS) is 9.91. The molecule has 8 nitrogen and oxygen atoms in total. The summed E-state index contributed by atoms with van der Waals surface area (Å²) in [5.74, 6) is -0.397. The number of hydrogen-bond acceptors (Lipinski definition) is 8. The van der Waals surface area contributed by atoms with Crippen LogP contribution in [0.3, 0.4) is 0 Å². The number of benzene rings is 1. The summed E-state index contributed by atoms with van der Waals surface area (Å²) in [6.45, 7) is 4.12. The molecule has 0 N–H and O–H groups in total. The molecule has 0 radical (unpaired) electrons. The van der Waals surface area contributed by atoms with Crippen LogP contribution in [0.2, 0.25) is 0 Å². The molecule has 33 heavy (non-hydrogen) atoms. The van der Waals surface area contributed by atoms with Gasteiger partial charge in [0.2, 0.25) is 11.8 Å². The fourth-order valence-electron chi connectivity index (χ4n) is 2.76. The molecule has 3 aromatic rings. The number of carbonyl (C=O) groups is 2. The van der Waals surface area contributed by atoms with Crippen LogP contribution in [0.15, 0.2) is 47.1 Å². The van der Waals surface area contributed by atoms with Gasteiger partial charge >= 0.3 is 11.9 Å². The summed E-state index contributed by atoms with van der Waals surface area (Å²) in [6.07, 6.45) is 0. The minimum atomic E-state index is -0.461. The Bertz CT molecular complexity index is 1150. The Morgan fingerprint density at radius 3 is 1.79 bits per heavy atom. The summed E-state index contributed by atoms with van der Waals surface area (Å²) in [6, 6.07) is 12.8. The maximum Gasteiger partial charge on any atom is 0.343 e. The van der Waals surface area contributed by atoms with Gasteiger partial charge in [0, 0.05) is 5.56 Å². The van der Waals surface area contributed by atoms with Gasteiger partial charge in [0.15, 0.2) is 0 Å². The van der Waals surface area contributed by atoms with Gasteiger partial charge in [-0.1, -0.05) is 12.1 Å². The molecule has 0 unspecified atom stereocenters. The van der Waals surface area contributed by atoms with Crippen LogP contribution in [0.1, 0.15) is 31.8 Å². The van der Waals surface area contributed by atoms with E-state index in [0.29, 0.717) is 15.7 Å². The summed E-state index contributed by atoms with van der Waals surface area (Å²) in [7, 11) is 5.57. The Morgan fingerprint density at radius 2 is 1.27 bits per heavy atom. The Hall–Kier alpha value is -3.46. The Labute approximate surface area is 201 Å². The number of carbonyl (C=O) groups excluding carboxylic acids is 2. The van der Waals surface area contributed by atoms with Crippen molar-refractivity contribution >= 4 is 27.9 Å². The fraction of sp³-hybridized carbons (Fsp3) is 0.250. The molecule has 1 aromatic carbocycles. The highest BCUT2D eigenvalue weighted by Crippen LogP contribution is 2.25. The second-order valence-corrected chi connectivity index (χ2v) is 7.54. The zero-order valence-electron chi connectivity index (χ0n) is 19.3. The summed E-state index contributed by atoms with van der Waals surface area (Å²) in [4.78, 5) is 31.1. The molecule has 0 spiro atoms. The van der Waals surface area contributed by atoms with Crippen molar-refractivity contribution in [2.45, 2.75) is 13.8 Å². The van der Waals surface area contributed by atoms with E-state index in [2.05, 4.69) is 50.5 Å². The molecule has 0 amide bonds. The van der Waals surface area contributed by atoms with E-state index in [1.807, 2.05) is 12.1 Å². The molecule has 0 aliphatic carbocycles. The molecule has 0 atom stereocenters. The highest BCUT2D eigenvalue weighted by atomic mass is 79.9. The first-order valence-corrected chi connectivity index (χ1v) is 10.5. The molecular weight excluding hydrogens is 492 g/mol. The molecule has 2 heterocycles. The van der Waals surface area contributed by atoms with Gasteiger partial charge < -0.3 is 18.9 Å². The van der Waals surface area contributed by atoms with Crippen LogP contribution in [0.25, 0.3) is 11.3 Å². The van der Waals surface area contributed by atoms with Gasteiger partial charge in [-0.2, -0.15) is 0 Å². The minimum absolute atomic E-state index is 0.251. The lowest BCUT2D eigenvalue weighted by atomic mass is 10.0. The highest BCUT2D eigenvalue weighted by Gasteiger charge is 2.15. The summed E-state index contributed by atoms with van der Waals surface area (Å²) < 4.78 is 19.9. The predicted octanol–water partition coefficient (Wildman–Crippen LogP) is 4.80. The largest absolute Gasteiger partial charge is 0.480 e. The molecule has 0 aliphatic rings. The number of esters is 2. The van der Waals surface area contributed by atoms with Crippen molar-refractivity contribution in [1.82, 2.24) is 9.97 Å². The van der Waals surface area contributed by atoms with Crippen molar-refractivity contribution in [1.29, 1.82) is 0 Å². The lowest BCUT2D eigenvalue weighted by Crippen LogP contribution is -2.06. The second-order valence-electron chi connectivity index (χ2n) is 6.73. The molecule has 3 rings (SSSR count). The molecule has 0 saturated heterocycles. The van der Waals surface area contributed by atoms with Crippen molar-refractivity contribution in [3.05, 3.63) is 69.3 Å². The predicted molar refractivity (Wildman–Crippen MR) is 127 cm³/mol. The first-order chi connectivity index (χ1) is 15.7. The van der Waals surface area contributed by atoms with Crippen LogP contribution >= 0.6 is 15.9 Å². The average Bonchev–Trinajstić information content (AvgIpc) is 2.84. The minimum Gasteiger partial charge on any atom is -0.480 e. The third kappa shape index (κ3) is 6.52.